The molecule has 136 valence electrons. The molecule has 0 aliphatic carbocycles. The lowest BCUT2D eigenvalue weighted by atomic mass is 10.0. The summed E-state index contributed by atoms with van der Waals surface area (Å²) in [6.45, 7) is 8.32. The molecule has 7 heteroatoms. The van der Waals surface area contributed by atoms with Crippen LogP contribution in [0, 0.1) is 17.2 Å². The first-order chi connectivity index (χ1) is 11.8. The fourth-order valence-electron chi connectivity index (χ4n) is 2.95. The van der Waals surface area contributed by atoms with Gasteiger partial charge in [-0.2, -0.15) is 5.26 Å². The number of rotatable bonds is 5. The Morgan fingerprint density at radius 1 is 1.20 bits per heavy atom. The zero-order chi connectivity index (χ0) is 18.6. The second-order valence-corrected chi connectivity index (χ2v) is 7.28. The van der Waals surface area contributed by atoms with Crippen LogP contribution in [0.3, 0.4) is 0 Å². The maximum Gasteiger partial charge on any atom is 0.263 e. The molecule has 1 amide bonds. The molecule has 0 radical (unpaired) electrons. The highest BCUT2D eigenvalue weighted by molar-refractivity contribution is 6.42. The van der Waals surface area contributed by atoms with Crippen molar-refractivity contribution in [3.63, 3.8) is 0 Å². The minimum Gasteiger partial charge on any atom is -0.479 e. The highest BCUT2D eigenvalue weighted by atomic mass is 35.5. The molecule has 0 bridgehead atoms. The third kappa shape index (κ3) is 4.78. The largest absolute Gasteiger partial charge is 0.479 e. The molecule has 0 N–H and O–H groups in total. The zero-order valence-corrected chi connectivity index (χ0v) is 16.2. The maximum absolute atomic E-state index is 12.6. The third-order valence-electron chi connectivity index (χ3n) is 4.35. The summed E-state index contributed by atoms with van der Waals surface area (Å²) in [5, 5.41) is 10.0. The topological polar surface area (TPSA) is 56.6 Å². The Kier molecular flexibility index (Phi) is 6.95. The fourth-order valence-corrected chi connectivity index (χ4v) is 3.28. The van der Waals surface area contributed by atoms with Gasteiger partial charge in [0.05, 0.1) is 11.1 Å². The van der Waals surface area contributed by atoms with Gasteiger partial charge in [0.25, 0.3) is 5.91 Å². The fraction of sp³-hybridized carbons (Fsp3) is 0.556. The molecule has 0 spiro atoms. The first-order valence-electron chi connectivity index (χ1n) is 8.38. The van der Waals surface area contributed by atoms with Crippen molar-refractivity contribution in [2.75, 3.05) is 26.2 Å². The average molecular weight is 384 g/mol. The monoisotopic (exact) mass is 383 g/mol. The van der Waals surface area contributed by atoms with Crippen molar-refractivity contribution in [1.82, 2.24) is 9.80 Å². The van der Waals surface area contributed by atoms with Gasteiger partial charge in [-0.1, -0.05) is 43.1 Å². The lowest BCUT2D eigenvalue weighted by Gasteiger charge is -2.38. The van der Waals surface area contributed by atoms with E-state index in [1.54, 1.807) is 30.0 Å². The second-order valence-electron chi connectivity index (χ2n) is 6.49. The summed E-state index contributed by atoms with van der Waals surface area (Å²) < 4.78 is 5.70. The Morgan fingerprint density at radius 3 is 2.40 bits per heavy atom. The molecule has 2 unspecified atom stereocenters. The van der Waals surface area contributed by atoms with Crippen LogP contribution in [0.4, 0.5) is 0 Å². The van der Waals surface area contributed by atoms with Crippen LogP contribution in [0.15, 0.2) is 18.2 Å². The van der Waals surface area contributed by atoms with Gasteiger partial charge < -0.3 is 9.64 Å². The van der Waals surface area contributed by atoms with E-state index in [-0.39, 0.29) is 17.9 Å². The van der Waals surface area contributed by atoms with Gasteiger partial charge in [0, 0.05) is 26.2 Å². The van der Waals surface area contributed by atoms with Gasteiger partial charge in [0.1, 0.15) is 16.8 Å². The molecule has 25 heavy (non-hydrogen) atoms. The highest BCUT2D eigenvalue weighted by Crippen LogP contribution is 2.32. The quantitative estimate of drug-likeness (QED) is 0.780. The molecule has 1 fully saturated rings. The van der Waals surface area contributed by atoms with E-state index in [0.29, 0.717) is 42.0 Å². The summed E-state index contributed by atoms with van der Waals surface area (Å²) in [5.74, 6) is 0.575. The van der Waals surface area contributed by atoms with Gasteiger partial charge in [0.15, 0.2) is 6.10 Å². The molecule has 1 saturated heterocycles. The minimum absolute atomic E-state index is 0.0891. The van der Waals surface area contributed by atoms with Crippen molar-refractivity contribution in [2.24, 2.45) is 5.92 Å². The van der Waals surface area contributed by atoms with E-state index in [4.69, 9.17) is 27.9 Å². The molecule has 1 aromatic rings. The van der Waals surface area contributed by atoms with Crippen LogP contribution in [-0.2, 0) is 4.79 Å². The number of hydrogen-bond acceptors (Lipinski definition) is 4. The van der Waals surface area contributed by atoms with Gasteiger partial charge in [-0.3, -0.25) is 9.69 Å². The summed E-state index contributed by atoms with van der Waals surface area (Å²) in [6, 6.07) is 7.33. The summed E-state index contributed by atoms with van der Waals surface area (Å²) in [4.78, 5) is 16.5. The van der Waals surface area contributed by atoms with E-state index in [2.05, 4.69) is 11.0 Å². The Morgan fingerprint density at radius 2 is 1.84 bits per heavy atom. The SMILES string of the molecule is CC(Oc1cccc(Cl)c1Cl)C(=O)N1CCN(C(C#N)C(C)C)CC1. The van der Waals surface area contributed by atoms with Gasteiger partial charge >= 0.3 is 0 Å². The predicted octanol–water partition coefficient (Wildman–Crippen LogP) is 3.45. The number of carbonyl (C=O) groups excluding carboxylic acids is 1. The van der Waals surface area contributed by atoms with E-state index in [0.717, 1.165) is 0 Å². The van der Waals surface area contributed by atoms with Crippen LogP contribution >= 0.6 is 23.2 Å². The van der Waals surface area contributed by atoms with E-state index in [1.807, 2.05) is 13.8 Å². The Hall–Kier alpha value is -1.48. The number of nitrogens with zero attached hydrogens (tertiary/aromatic N) is 3. The first-order valence-corrected chi connectivity index (χ1v) is 9.13. The first kappa shape index (κ1) is 19.8. The van der Waals surface area contributed by atoms with Crippen molar-refractivity contribution in [3.05, 3.63) is 28.2 Å². The number of benzene rings is 1. The minimum atomic E-state index is -0.653. The number of piperazine rings is 1. The summed E-state index contributed by atoms with van der Waals surface area (Å²) in [7, 11) is 0. The lowest BCUT2D eigenvalue weighted by molar-refractivity contribution is -0.140. The molecule has 0 saturated carbocycles. The molecular formula is C18H23Cl2N3O2. The van der Waals surface area contributed by atoms with Crippen LogP contribution in [-0.4, -0.2) is 54.0 Å². The van der Waals surface area contributed by atoms with Gasteiger partial charge in [-0.15, -0.1) is 0 Å². The molecule has 2 atom stereocenters. The van der Waals surface area contributed by atoms with E-state index >= 15 is 0 Å². The Labute approximate surface area is 159 Å². The smallest absolute Gasteiger partial charge is 0.263 e. The van der Waals surface area contributed by atoms with Crippen LogP contribution in [0.1, 0.15) is 20.8 Å². The van der Waals surface area contributed by atoms with Crippen molar-refractivity contribution in [3.8, 4) is 11.8 Å². The Bertz CT molecular complexity index is 652. The normalized spacial score (nSPS) is 17.9. The molecule has 1 aliphatic heterocycles. The second kappa shape index (κ2) is 8.75. The van der Waals surface area contributed by atoms with E-state index in [9.17, 15) is 10.1 Å². The van der Waals surface area contributed by atoms with Crippen molar-refractivity contribution in [1.29, 1.82) is 5.26 Å². The van der Waals surface area contributed by atoms with Crippen LogP contribution < -0.4 is 4.74 Å². The van der Waals surface area contributed by atoms with Crippen LogP contribution in [0.5, 0.6) is 5.75 Å². The zero-order valence-electron chi connectivity index (χ0n) is 14.7. The molecule has 5 nitrogen and oxygen atoms in total. The molecular weight excluding hydrogens is 361 g/mol. The van der Waals surface area contributed by atoms with Gasteiger partial charge in [0.2, 0.25) is 0 Å². The number of carbonyl (C=O) groups is 1. The molecule has 1 heterocycles. The average Bonchev–Trinajstić information content (AvgIpc) is 2.59. The molecule has 1 aliphatic rings. The lowest BCUT2D eigenvalue weighted by Crippen LogP contribution is -2.54. The predicted molar refractivity (Wildman–Crippen MR) is 98.9 cm³/mol. The summed E-state index contributed by atoms with van der Waals surface area (Å²) in [6.07, 6.45) is -0.653. The number of halogens is 2. The molecule has 2 rings (SSSR count). The number of ether oxygens (including phenoxy) is 1. The van der Waals surface area contributed by atoms with Crippen molar-refractivity contribution in [2.45, 2.75) is 32.9 Å². The van der Waals surface area contributed by atoms with Crippen LogP contribution in [0.25, 0.3) is 0 Å². The number of amides is 1. The van der Waals surface area contributed by atoms with E-state index in [1.165, 1.54) is 0 Å². The number of hydrogen-bond donors (Lipinski definition) is 0. The third-order valence-corrected chi connectivity index (χ3v) is 5.15. The Balaban J connectivity index is 1.93. The summed E-state index contributed by atoms with van der Waals surface area (Å²) in [5.41, 5.74) is 0. The van der Waals surface area contributed by atoms with Crippen molar-refractivity contribution < 1.29 is 9.53 Å². The molecule has 0 aromatic heterocycles. The summed E-state index contributed by atoms with van der Waals surface area (Å²) >= 11 is 12.1. The van der Waals surface area contributed by atoms with Gasteiger partial charge in [-0.25, -0.2) is 0 Å². The molecule has 1 aromatic carbocycles. The van der Waals surface area contributed by atoms with E-state index < -0.39 is 6.10 Å². The maximum atomic E-state index is 12.6. The number of nitriles is 1. The van der Waals surface area contributed by atoms with Crippen LogP contribution in [0.2, 0.25) is 10.0 Å². The highest BCUT2D eigenvalue weighted by Gasteiger charge is 2.30. The standard InChI is InChI=1S/C18H23Cl2N3O2/c1-12(2)15(11-21)22-7-9-23(10-8-22)18(24)13(3)25-16-6-4-5-14(19)17(16)20/h4-6,12-13,15H,7-10H2,1-3H3. The van der Waals surface area contributed by atoms with Gasteiger partial charge in [-0.05, 0) is 25.0 Å². The van der Waals surface area contributed by atoms with Crippen molar-refractivity contribution >= 4 is 29.1 Å².